The molecule has 0 aromatic heterocycles. The summed E-state index contributed by atoms with van der Waals surface area (Å²) in [5.41, 5.74) is 15.0. The van der Waals surface area contributed by atoms with Crippen LogP contribution in [0.1, 0.15) is 187 Å². The van der Waals surface area contributed by atoms with Gasteiger partial charge in [0, 0.05) is 18.4 Å². The van der Waals surface area contributed by atoms with Crippen molar-refractivity contribution in [3.63, 3.8) is 0 Å². The molecule has 0 saturated heterocycles. The fourth-order valence-electron chi connectivity index (χ4n) is 9.73. The van der Waals surface area contributed by atoms with Gasteiger partial charge >= 0.3 is 0 Å². The molecule has 0 heterocycles. The second-order valence-electron chi connectivity index (χ2n) is 20.5. The van der Waals surface area contributed by atoms with Gasteiger partial charge in [0.1, 0.15) is 0 Å². The number of fused-ring (bicyclic) bond motifs is 5. The summed E-state index contributed by atoms with van der Waals surface area (Å²) >= 11 is 0. The number of hydrogen-bond donors (Lipinski definition) is 0. The molecule has 6 rings (SSSR count). The van der Waals surface area contributed by atoms with Crippen LogP contribution in [0, 0.1) is 11.3 Å². The highest BCUT2D eigenvalue weighted by Crippen LogP contribution is 2.61. The molecule has 0 radical (unpaired) electrons. The molecule has 262 valence electrons. The molecule has 0 fully saturated rings. The van der Waals surface area contributed by atoms with E-state index in [1.807, 2.05) is 0 Å². The minimum absolute atomic E-state index is 0.0279. The van der Waals surface area contributed by atoms with Crippen molar-refractivity contribution in [1.82, 2.24) is 0 Å². The topological polar surface area (TPSA) is 9.23 Å². The van der Waals surface area contributed by atoms with Gasteiger partial charge in [0.15, 0.2) is 0 Å². The van der Waals surface area contributed by atoms with E-state index in [1.165, 1.54) is 62.5 Å². The maximum Gasteiger partial charge on any atom is 0.0598 e. The first kappa shape index (κ1) is 35.7. The van der Waals surface area contributed by atoms with Gasteiger partial charge in [-0.25, -0.2) is 0 Å². The largest absolute Gasteiger partial charge is 0.376 e. The van der Waals surface area contributed by atoms with Gasteiger partial charge in [-0.15, -0.1) is 0 Å². The molecule has 0 N–H and O–H groups in total. The number of allylic oxidation sites excluding steroid dienone is 4. The van der Waals surface area contributed by atoms with Crippen LogP contribution in [0.15, 0.2) is 48.1 Å². The minimum Gasteiger partial charge on any atom is -0.376 e. The van der Waals surface area contributed by atoms with E-state index >= 15 is 0 Å². The second-order valence-corrected chi connectivity index (χ2v) is 20.5. The third-order valence-electron chi connectivity index (χ3n) is 13.4. The van der Waals surface area contributed by atoms with Crippen LogP contribution < -0.4 is 0 Å². The van der Waals surface area contributed by atoms with Crippen LogP contribution >= 0.6 is 0 Å². The minimum atomic E-state index is -0.0279. The van der Waals surface area contributed by atoms with Crippen molar-refractivity contribution in [3.8, 4) is 11.1 Å². The van der Waals surface area contributed by atoms with Crippen molar-refractivity contribution in [3.05, 3.63) is 81.4 Å². The van der Waals surface area contributed by atoms with Gasteiger partial charge in [0.2, 0.25) is 0 Å². The zero-order valence-corrected chi connectivity index (χ0v) is 33.2. The summed E-state index contributed by atoms with van der Waals surface area (Å²) in [7, 11) is 0. The van der Waals surface area contributed by atoms with Crippen LogP contribution in [0.3, 0.4) is 0 Å². The van der Waals surface area contributed by atoms with E-state index in [0.717, 1.165) is 13.0 Å². The molecule has 4 aliphatic carbocycles. The molecule has 4 aliphatic rings. The zero-order valence-electron chi connectivity index (χ0n) is 33.2. The molecule has 2 aromatic carbocycles. The number of ether oxygens (including phenoxy) is 1. The van der Waals surface area contributed by atoms with E-state index in [-0.39, 0.29) is 32.7 Å². The predicted octanol–water partition coefficient (Wildman–Crippen LogP) is 13.4. The molecular weight excluding hydrogens is 581 g/mol. The van der Waals surface area contributed by atoms with Crippen LogP contribution in [0.2, 0.25) is 0 Å². The maximum atomic E-state index is 5.94. The van der Waals surface area contributed by atoms with Gasteiger partial charge in [-0.05, 0) is 137 Å². The average molecular weight is 649 g/mol. The van der Waals surface area contributed by atoms with E-state index in [1.54, 1.807) is 39.0 Å². The Hall–Kier alpha value is -2.12. The number of hydrogen-bond acceptors (Lipinski definition) is 1. The lowest BCUT2D eigenvalue weighted by Crippen LogP contribution is -2.35. The van der Waals surface area contributed by atoms with Crippen molar-refractivity contribution in [2.45, 2.75) is 181 Å². The highest BCUT2D eigenvalue weighted by molar-refractivity contribution is 5.83. The third-order valence-corrected chi connectivity index (χ3v) is 13.4. The molecule has 0 spiro atoms. The number of unbranched alkanes of at least 4 members (excludes halogenated alkanes) is 3. The maximum absolute atomic E-state index is 5.94. The first-order valence-electron chi connectivity index (χ1n) is 19.6. The van der Waals surface area contributed by atoms with E-state index in [2.05, 4.69) is 133 Å². The third kappa shape index (κ3) is 6.45. The van der Waals surface area contributed by atoms with Crippen LogP contribution in [0.4, 0.5) is 0 Å². The van der Waals surface area contributed by atoms with Gasteiger partial charge in [0.05, 0.1) is 5.60 Å². The van der Waals surface area contributed by atoms with E-state index in [4.69, 9.17) is 4.74 Å². The molecule has 0 aliphatic heterocycles. The molecular formula is C47H68O. The monoisotopic (exact) mass is 649 g/mol. The van der Waals surface area contributed by atoms with Crippen LogP contribution in [0.25, 0.3) is 11.1 Å². The summed E-state index contributed by atoms with van der Waals surface area (Å²) in [5.74, 6) is 0.797. The van der Waals surface area contributed by atoms with Gasteiger partial charge in [-0.3, -0.25) is 0 Å². The Bertz CT molecular complexity index is 1530. The first-order valence-corrected chi connectivity index (χ1v) is 19.6. The molecule has 0 amide bonds. The molecule has 1 heteroatoms. The molecule has 0 bridgehead atoms. The summed E-state index contributed by atoms with van der Waals surface area (Å²) in [4.78, 5) is 0. The highest BCUT2D eigenvalue weighted by atomic mass is 16.5. The fourth-order valence-corrected chi connectivity index (χ4v) is 9.73. The van der Waals surface area contributed by atoms with E-state index in [0.29, 0.717) is 11.8 Å². The molecule has 1 atom stereocenters. The molecule has 2 aromatic rings. The Labute approximate surface area is 295 Å². The Balaban J connectivity index is 1.36. The Kier molecular flexibility index (Phi) is 8.92. The van der Waals surface area contributed by atoms with Gasteiger partial charge in [-0.1, -0.05) is 130 Å². The lowest BCUT2D eigenvalue weighted by atomic mass is 9.60. The molecule has 1 unspecified atom stereocenters. The average Bonchev–Trinajstić information content (AvgIpc) is 3.59. The highest BCUT2D eigenvalue weighted by Gasteiger charge is 2.48. The van der Waals surface area contributed by atoms with Crippen molar-refractivity contribution in [1.29, 1.82) is 0 Å². The fraction of sp³-hybridized carbons (Fsp3) is 0.660. The number of rotatable bonds is 9. The summed E-state index contributed by atoms with van der Waals surface area (Å²) < 4.78 is 5.94. The summed E-state index contributed by atoms with van der Waals surface area (Å²) in [5, 5.41) is 0. The molecule has 1 nitrogen and oxygen atoms in total. The Morgan fingerprint density at radius 3 is 1.50 bits per heavy atom. The lowest BCUT2D eigenvalue weighted by Gasteiger charge is -2.43. The SMILES string of the molecule is CC(C)(C)OCCCCCCC1=CC(C(C)(C)C2c3cc4c(cc3-c3cc5c(cc32)C(C)(C)CCC5(C)C)C(C)(C)CCC4(C)C)C=C1. The summed E-state index contributed by atoms with van der Waals surface area (Å²) in [6.45, 7) is 32.4. The van der Waals surface area contributed by atoms with Gasteiger partial charge in [0.25, 0.3) is 0 Å². The lowest BCUT2D eigenvalue weighted by molar-refractivity contribution is -0.00473. The van der Waals surface area contributed by atoms with E-state index in [9.17, 15) is 0 Å². The van der Waals surface area contributed by atoms with Crippen molar-refractivity contribution >= 4 is 0 Å². The standard InChI is InChI=1S/C47H68O/c1-42(2,3)48-25-17-15-14-16-18-31-19-20-32(26-31)47(12,13)41-35-29-39-37(43(4,5)21-23-45(39,8)9)27-33(35)34-28-38-40(30-36(34)41)46(10,11)24-22-44(38,6)7/h19-20,26-30,32,41H,14-18,21-25H2,1-13H3. The molecule has 48 heavy (non-hydrogen) atoms. The van der Waals surface area contributed by atoms with Crippen LogP contribution in [-0.4, -0.2) is 12.2 Å². The van der Waals surface area contributed by atoms with Gasteiger partial charge < -0.3 is 4.74 Å². The smallest absolute Gasteiger partial charge is 0.0598 e. The van der Waals surface area contributed by atoms with Crippen LogP contribution in [0.5, 0.6) is 0 Å². The summed E-state index contributed by atoms with van der Waals surface area (Å²) in [6, 6.07) is 10.8. The van der Waals surface area contributed by atoms with Crippen molar-refractivity contribution in [2.75, 3.05) is 6.61 Å². The van der Waals surface area contributed by atoms with Crippen molar-refractivity contribution < 1.29 is 4.74 Å². The predicted molar refractivity (Wildman–Crippen MR) is 208 cm³/mol. The Morgan fingerprint density at radius 2 is 1.04 bits per heavy atom. The zero-order chi connectivity index (χ0) is 35.1. The van der Waals surface area contributed by atoms with Crippen molar-refractivity contribution in [2.24, 2.45) is 11.3 Å². The first-order chi connectivity index (χ1) is 22.1. The normalized spacial score (nSPS) is 23.4. The van der Waals surface area contributed by atoms with Crippen LogP contribution in [-0.2, 0) is 26.4 Å². The van der Waals surface area contributed by atoms with Gasteiger partial charge in [-0.2, -0.15) is 0 Å². The molecule has 0 saturated carbocycles. The quantitative estimate of drug-likeness (QED) is 0.246. The van der Waals surface area contributed by atoms with E-state index < -0.39 is 0 Å². The summed E-state index contributed by atoms with van der Waals surface area (Å²) in [6.07, 6.45) is 18.8. The number of benzene rings is 2. The Morgan fingerprint density at radius 1 is 0.604 bits per heavy atom. The second kappa shape index (κ2) is 12.0.